The van der Waals surface area contributed by atoms with Gasteiger partial charge >= 0.3 is 5.97 Å². The van der Waals surface area contributed by atoms with E-state index in [0.29, 0.717) is 12.8 Å². The fourth-order valence-corrected chi connectivity index (χ4v) is 2.81. The van der Waals surface area contributed by atoms with Crippen molar-refractivity contribution in [2.75, 3.05) is 11.9 Å². The molecule has 114 valence electrons. The molecule has 0 bridgehead atoms. The number of nitrogens with two attached hydrogens (primary N) is 1. The first-order valence-electron chi connectivity index (χ1n) is 7.03. The zero-order chi connectivity index (χ0) is 15.5. The van der Waals surface area contributed by atoms with Crippen LogP contribution in [0.15, 0.2) is 18.2 Å². The Morgan fingerprint density at radius 1 is 1.29 bits per heavy atom. The molecule has 1 amide bonds. The number of aromatic carboxylic acids is 1. The van der Waals surface area contributed by atoms with Crippen LogP contribution in [0.3, 0.4) is 0 Å². The van der Waals surface area contributed by atoms with Crippen molar-refractivity contribution in [2.24, 2.45) is 11.1 Å². The highest BCUT2D eigenvalue weighted by molar-refractivity contribution is 6.02. The predicted molar refractivity (Wildman–Crippen MR) is 76.6 cm³/mol. The van der Waals surface area contributed by atoms with Crippen LogP contribution in [0.2, 0.25) is 0 Å². The molecule has 1 aliphatic carbocycles. The van der Waals surface area contributed by atoms with Gasteiger partial charge in [0.1, 0.15) is 5.82 Å². The minimum absolute atomic E-state index is 0.0223. The Morgan fingerprint density at radius 3 is 2.52 bits per heavy atom. The highest BCUT2D eigenvalue weighted by Crippen LogP contribution is 2.36. The van der Waals surface area contributed by atoms with Gasteiger partial charge in [0.25, 0.3) is 0 Å². The fourth-order valence-electron chi connectivity index (χ4n) is 2.81. The molecule has 1 fully saturated rings. The Hall–Kier alpha value is -1.95. The summed E-state index contributed by atoms with van der Waals surface area (Å²) in [5, 5.41) is 11.7. The first-order valence-corrected chi connectivity index (χ1v) is 7.03. The highest BCUT2D eigenvalue weighted by Gasteiger charge is 2.38. The lowest BCUT2D eigenvalue weighted by Crippen LogP contribution is -2.44. The lowest BCUT2D eigenvalue weighted by molar-refractivity contribution is -0.126. The number of benzene rings is 1. The molecule has 21 heavy (non-hydrogen) atoms. The van der Waals surface area contributed by atoms with Crippen LogP contribution in [-0.4, -0.2) is 23.5 Å². The van der Waals surface area contributed by atoms with Gasteiger partial charge in [-0.2, -0.15) is 0 Å². The number of carbonyl (C=O) groups is 2. The fraction of sp³-hybridized carbons (Fsp3) is 0.467. The third-order valence-corrected chi connectivity index (χ3v) is 4.14. The third-order valence-electron chi connectivity index (χ3n) is 4.14. The van der Waals surface area contributed by atoms with Gasteiger partial charge in [0.15, 0.2) is 0 Å². The number of nitrogens with one attached hydrogen (secondary N) is 1. The van der Waals surface area contributed by atoms with Crippen molar-refractivity contribution in [3.05, 3.63) is 29.6 Å². The number of anilines is 1. The molecule has 5 nitrogen and oxygen atoms in total. The van der Waals surface area contributed by atoms with Crippen LogP contribution < -0.4 is 11.1 Å². The number of halogens is 1. The largest absolute Gasteiger partial charge is 0.478 e. The number of rotatable bonds is 4. The standard InChI is InChI=1S/C15H19FN2O3/c16-10-4-5-11(13(19)20)12(8-10)18-14(21)15(9-17)6-2-1-3-7-15/h4-5,8H,1-3,6-7,9,17H2,(H,18,21)(H,19,20). The summed E-state index contributed by atoms with van der Waals surface area (Å²) in [6.07, 6.45) is 4.24. The zero-order valence-corrected chi connectivity index (χ0v) is 11.7. The molecular formula is C15H19FN2O3. The topological polar surface area (TPSA) is 92.4 Å². The Labute approximate surface area is 122 Å². The summed E-state index contributed by atoms with van der Waals surface area (Å²) in [5.41, 5.74) is 4.94. The monoisotopic (exact) mass is 294 g/mol. The first kappa shape index (κ1) is 15.4. The number of amides is 1. The molecule has 6 heteroatoms. The quantitative estimate of drug-likeness (QED) is 0.795. The van der Waals surface area contributed by atoms with Gasteiger partial charge in [0.05, 0.1) is 16.7 Å². The van der Waals surface area contributed by atoms with Gasteiger partial charge in [0.2, 0.25) is 5.91 Å². The number of hydrogen-bond acceptors (Lipinski definition) is 3. The molecule has 0 heterocycles. The van der Waals surface area contributed by atoms with Gasteiger partial charge in [0, 0.05) is 6.54 Å². The van der Waals surface area contributed by atoms with E-state index in [1.165, 1.54) is 0 Å². The van der Waals surface area contributed by atoms with Gasteiger partial charge in [-0.3, -0.25) is 4.79 Å². The van der Waals surface area contributed by atoms with Crippen LogP contribution in [0.1, 0.15) is 42.5 Å². The average Bonchev–Trinajstić information content (AvgIpc) is 2.47. The molecule has 0 radical (unpaired) electrons. The van der Waals surface area contributed by atoms with Crippen molar-refractivity contribution < 1.29 is 19.1 Å². The maximum Gasteiger partial charge on any atom is 0.337 e. The third kappa shape index (κ3) is 3.21. The molecule has 1 aromatic rings. The smallest absolute Gasteiger partial charge is 0.337 e. The lowest BCUT2D eigenvalue weighted by atomic mass is 9.73. The van der Waals surface area contributed by atoms with Gasteiger partial charge in [-0.1, -0.05) is 19.3 Å². The molecule has 0 saturated heterocycles. The van der Waals surface area contributed by atoms with Gasteiger partial charge < -0.3 is 16.2 Å². The maximum absolute atomic E-state index is 13.3. The van der Waals surface area contributed by atoms with Crippen molar-refractivity contribution in [1.82, 2.24) is 0 Å². The summed E-state index contributed by atoms with van der Waals surface area (Å²) in [6.45, 7) is 0.205. The second-order valence-electron chi connectivity index (χ2n) is 5.49. The van der Waals surface area contributed by atoms with E-state index in [2.05, 4.69) is 5.32 Å². The molecule has 1 aromatic carbocycles. The van der Waals surface area contributed by atoms with E-state index in [1.807, 2.05) is 0 Å². The van der Waals surface area contributed by atoms with Crippen LogP contribution in [-0.2, 0) is 4.79 Å². The molecule has 0 unspecified atom stereocenters. The van der Waals surface area contributed by atoms with E-state index in [0.717, 1.165) is 37.5 Å². The molecular weight excluding hydrogens is 275 g/mol. The van der Waals surface area contributed by atoms with E-state index < -0.39 is 17.2 Å². The minimum atomic E-state index is -1.21. The Balaban J connectivity index is 2.26. The van der Waals surface area contributed by atoms with E-state index in [9.17, 15) is 14.0 Å². The Kier molecular flexibility index (Phi) is 4.57. The second kappa shape index (κ2) is 6.22. The first-order chi connectivity index (χ1) is 9.98. The molecule has 0 aromatic heterocycles. The number of carboxylic acids is 1. The molecule has 0 atom stereocenters. The lowest BCUT2D eigenvalue weighted by Gasteiger charge is -2.34. The van der Waals surface area contributed by atoms with Gasteiger partial charge in [-0.15, -0.1) is 0 Å². The zero-order valence-electron chi connectivity index (χ0n) is 11.7. The average molecular weight is 294 g/mol. The maximum atomic E-state index is 13.3. The summed E-state index contributed by atoms with van der Waals surface area (Å²) < 4.78 is 13.3. The van der Waals surface area contributed by atoms with E-state index in [1.54, 1.807) is 0 Å². The van der Waals surface area contributed by atoms with Crippen molar-refractivity contribution >= 4 is 17.6 Å². The summed E-state index contributed by atoms with van der Waals surface area (Å²) >= 11 is 0. The molecule has 2 rings (SSSR count). The summed E-state index contributed by atoms with van der Waals surface area (Å²) in [6, 6.07) is 3.22. The van der Waals surface area contributed by atoms with Crippen LogP contribution in [0.5, 0.6) is 0 Å². The highest BCUT2D eigenvalue weighted by atomic mass is 19.1. The predicted octanol–water partition coefficient (Wildman–Crippen LogP) is 2.37. The van der Waals surface area contributed by atoms with Crippen LogP contribution in [0.25, 0.3) is 0 Å². The van der Waals surface area contributed by atoms with Crippen LogP contribution in [0, 0.1) is 11.2 Å². The van der Waals surface area contributed by atoms with Crippen LogP contribution in [0.4, 0.5) is 10.1 Å². The molecule has 4 N–H and O–H groups in total. The van der Waals surface area contributed by atoms with Crippen molar-refractivity contribution in [1.29, 1.82) is 0 Å². The molecule has 0 spiro atoms. The van der Waals surface area contributed by atoms with Crippen molar-refractivity contribution in [3.63, 3.8) is 0 Å². The number of carboxylic acid groups (broad SMARTS) is 1. The van der Waals surface area contributed by atoms with E-state index >= 15 is 0 Å². The Morgan fingerprint density at radius 2 is 1.95 bits per heavy atom. The van der Waals surface area contributed by atoms with E-state index in [-0.39, 0.29) is 23.7 Å². The van der Waals surface area contributed by atoms with E-state index in [4.69, 9.17) is 10.8 Å². The SMILES string of the molecule is NCC1(C(=O)Nc2cc(F)ccc2C(=O)O)CCCCC1. The van der Waals surface area contributed by atoms with Crippen molar-refractivity contribution in [2.45, 2.75) is 32.1 Å². The molecule has 0 aliphatic heterocycles. The minimum Gasteiger partial charge on any atom is -0.478 e. The summed E-state index contributed by atoms with van der Waals surface area (Å²) in [5.74, 6) is -2.13. The second-order valence-corrected chi connectivity index (χ2v) is 5.49. The normalized spacial score (nSPS) is 17.2. The Bertz CT molecular complexity index is 554. The summed E-state index contributed by atoms with van der Waals surface area (Å²) in [4.78, 5) is 23.6. The van der Waals surface area contributed by atoms with Crippen LogP contribution >= 0.6 is 0 Å². The van der Waals surface area contributed by atoms with Gasteiger partial charge in [-0.25, -0.2) is 9.18 Å². The molecule has 1 aliphatic rings. The van der Waals surface area contributed by atoms with Crippen molar-refractivity contribution in [3.8, 4) is 0 Å². The number of carbonyl (C=O) groups excluding carboxylic acids is 1. The van der Waals surface area contributed by atoms with Gasteiger partial charge in [-0.05, 0) is 31.0 Å². The molecule has 1 saturated carbocycles. The summed E-state index contributed by atoms with van der Waals surface area (Å²) in [7, 11) is 0. The number of hydrogen-bond donors (Lipinski definition) is 3.